The Morgan fingerprint density at radius 1 is 1.06 bits per heavy atom. The van der Waals surface area contributed by atoms with Crippen molar-refractivity contribution in [2.75, 3.05) is 6.61 Å². The number of ether oxygens (including phenoxy) is 2. The molecule has 0 fully saturated rings. The lowest BCUT2D eigenvalue weighted by molar-refractivity contribution is -0.123. The van der Waals surface area contributed by atoms with Gasteiger partial charge in [-0.15, -0.1) is 0 Å². The lowest BCUT2D eigenvalue weighted by Crippen LogP contribution is -2.24. The third kappa shape index (κ3) is 6.75. The van der Waals surface area contributed by atoms with Crippen LogP contribution in [0.5, 0.6) is 11.5 Å². The van der Waals surface area contributed by atoms with Gasteiger partial charge in [-0.25, -0.2) is 14.6 Å². The van der Waals surface area contributed by atoms with Crippen LogP contribution in [0, 0.1) is 12.7 Å². The van der Waals surface area contributed by atoms with Gasteiger partial charge in [0, 0.05) is 10.0 Å². The average molecular weight is 485 g/mol. The molecule has 0 saturated carbocycles. The predicted molar refractivity (Wildman–Crippen MR) is 118 cm³/mol. The average Bonchev–Trinajstić information content (AvgIpc) is 2.75. The number of nitrogens with zero attached hydrogens (tertiary/aromatic N) is 1. The number of carbonyl (C=O) groups excluding carboxylic acids is 2. The maximum atomic E-state index is 12.9. The van der Waals surface area contributed by atoms with Gasteiger partial charge >= 0.3 is 5.97 Å². The lowest BCUT2D eigenvalue weighted by atomic mass is 10.1. The molecule has 1 amide bonds. The first-order valence-corrected chi connectivity index (χ1v) is 9.99. The van der Waals surface area contributed by atoms with Crippen molar-refractivity contribution in [1.82, 2.24) is 5.43 Å². The quantitative estimate of drug-likeness (QED) is 0.229. The van der Waals surface area contributed by atoms with E-state index in [1.54, 1.807) is 30.3 Å². The maximum absolute atomic E-state index is 12.9. The van der Waals surface area contributed by atoms with Crippen molar-refractivity contribution in [3.8, 4) is 11.5 Å². The van der Waals surface area contributed by atoms with E-state index in [0.29, 0.717) is 16.9 Å². The number of nitrogens with one attached hydrogen (secondary N) is 1. The summed E-state index contributed by atoms with van der Waals surface area (Å²) in [6, 6.07) is 17.4. The zero-order valence-electron chi connectivity index (χ0n) is 16.5. The van der Waals surface area contributed by atoms with Gasteiger partial charge in [0.2, 0.25) is 0 Å². The summed E-state index contributed by atoms with van der Waals surface area (Å²) in [5.74, 6) is -0.760. The van der Waals surface area contributed by atoms with Crippen LogP contribution in [-0.2, 0) is 4.79 Å². The predicted octanol–water partition coefficient (Wildman–Crippen LogP) is 4.64. The highest BCUT2D eigenvalue weighted by atomic mass is 79.9. The number of amides is 1. The normalized spacial score (nSPS) is 10.7. The molecule has 3 aromatic carbocycles. The maximum Gasteiger partial charge on any atom is 0.343 e. The van der Waals surface area contributed by atoms with Gasteiger partial charge in [-0.3, -0.25) is 4.79 Å². The van der Waals surface area contributed by atoms with Crippen molar-refractivity contribution < 1.29 is 23.5 Å². The van der Waals surface area contributed by atoms with E-state index in [0.717, 1.165) is 10.0 Å². The van der Waals surface area contributed by atoms with Crippen LogP contribution in [0.1, 0.15) is 21.5 Å². The Hall–Kier alpha value is -3.52. The van der Waals surface area contributed by atoms with Crippen LogP contribution in [0.3, 0.4) is 0 Å². The van der Waals surface area contributed by atoms with Gasteiger partial charge in [0.1, 0.15) is 17.3 Å². The highest BCUT2D eigenvalue weighted by Crippen LogP contribution is 2.23. The number of rotatable bonds is 7. The number of hydrazone groups is 1. The fraction of sp³-hybridized carbons (Fsp3) is 0.0870. The molecule has 0 aliphatic heterocycles. The molecule has 0 aromatic heterocycles. The molecule has 158 valence electrons. The Bertz CT molecular complexity index is 1100. The minimum atomic E-state index is -0.506. The van der Waals surface area contributed by atoms with Crippen molar-refractivity contribution in [3.63, 3.8) is 0 Å². The van der Waals surface area contributed by atoms with Gasteiger partial charge in [0.05, 0.1) is 11.8 Å². The molecule has 0 aliphatic rings. The molecule has 31 heavy (non-hydrogen) atoms. The zero-order valence-corrected chi connectivity index (χ0v) is 18.1. The number of hydrogen-bond acceptors (Lipinski definition) is 5. The van der Waals surface area contributed by atoms with E-state index in [1.165, 1.54) is 30.5 Å². The van der Waals surface area contributed by atoms with E-state index in [-0.39, 0.29) is 12.4 Å². The number of esters is 1. The molecule has 0 radical (unpaired) electrons. The minimum Gasteiger partial charge on any atom is -0.484 e. The Morgan fingerprint density at radius 3 is 2.48 bits per heavy atom. The number of carbonyl (C=O) groups is 2. The molecule has 0 spiro atoms. The molecule has 0 bridgehead atoms. The van der Waals surface area contributed by atoms with E-state index >= 15 is 0 Å². The molecule has 8 heteroatoms. The molecular weight excluding hydrogens is 467 g/mol. The van der Waals surface area contributed by atoms with Crippen LogP contribution in [0.4, 0.5) is 4.39 Å². The van der Waals surface area contributed by atoms with Gasteiger partial charge in [0.15, 0.2) is 6.61 Å². The summed E-state index contributed by atoms with van der Waals surface area (Å²) in [6.45, 7) is 1.63. The lowest BCUT2D eigenvalue weighted by Gasteiger charge is -2.08. The fourth-order valence-electron chi connectivity index (χ4n) is 2.45. The molecule has 3 aromatic rings. The monoisotopic (exact) mass is 484 g/mol. The van der Waals surface area contributed by atoms with E-state index in [9.17, 15) is 14.0 Å². The second-order valence-electron chi connectivity index (χ2n) is 6.47. The summed E-state index contributed by atoms with van der Waals surface area (Å²) in [5, 5.41) is 3.88. The number of hydrogen-bond donors (Lipinski definition) is 1. The largest absolute Gasteiger partial charge is 0.484 e. The Kier molecular flexibility index (Phi) is 7.50. The third-order valence-electron chi connectivity index (χ3n) is 4.04. The first-order chi connectivity index (χ1) is 14.9. The molecule has 0 heterocycles. The summed E-state index contributed by atoms with van der Waals surface area (Å²) >= 11 is 3.36. The molecule has 1 N–H and O–H groups in total. The third-order valence-corrected chi connectivity index (χ3v) is 4.53. The summed E-state index contributed by atoms with van der Waals surface area (Å²) in [5.41, 5.74) is 4.26. The highest BCUT2D eigenvalue weighted by molar-refractivity contribution is 9.10. The van der Waals surface area contributed by atoms with E-state index in [1.807, 2.05) is 19.1 Å². The van der Waals surface area contributed by atoms with Gasteiger partial charge in [-0.2, -0.15) is 5.10 Å². The smallest absolute Gasteiger partial charge is 0.343 e. The zero-order chi connectivity index (χ0) is 22.2. The van der Waals surface area contributed by atoms with Crippen LogP contribution in [0.2, 0.25) is 0 Å². The molecule has 0 saturated heterocycles. The van der Waals surface area contributed by atoms with Crippen molar-refractivity contribution in [1.29, 1.82) is 0 Å². The van der Waals surface area contributed by atoms with Gasteiger partial charge in [-0.05, 0) is 61.5 Å². The summed E-state index contributed by atoms with van der Waals surface area (Å²) in [4.78, 5) is 24.3. The second-order valence-corrected chi connectivity index (χ2v) is 7.39. The Balaban J connectivity index is 1.61. The minimum absolute atomic E-state index is 0.286. The highest BCUT2D eigenvalue weighted by Gasteiger charge is 2.11. The van der Waals surface area contributed by atoms with Crippen molar-refractivity contribution in [2.24, 2.45) is 5.10 Å². The van der Waals surface area contributed by atoms with E-state index in [2.05, 4.69) is 26.5 Å². The van der Waals surface area contributed by atoms with E-state index in [4.69, 9.17) is 9.47 Å². The topological polar surface area (TPSA) is 77.0 Å². The Labute approximate surface area is 186 Å². The Morgan fingerprint density at radius 2 is 1.77 bits per heavy atom. The standard InChI is InChI=1S/C23H18BrFN2O4/c1-15-2-4-16(5-3-15)23(29)31-21-11-6-18(24)12-17(21)13-26-27-22(28)14-30-20-9-7-19(25)8-10-20/h2-13H,14H2,1H3,(H,27,28). The molecule has 6 nitrogen and oxygen atoms in total. The van der Waals surface area contributed by atoms with Crippen LogP contribution in [0.15, 0.2) is 76.3 Å². The fourth-order valence-corrected chi connectivity index (χ4v) is 2.83. The van der Waals surface area contributed by atoms with Gasteiger partial charge in [0.25, 0.3) is 5.91 Å². The van der Waals surface area contributed by atoms with Crippen molar-refractivity contribution in [3.05, 3.63) is 93.7 Å². The van der Waals surface area contributed by atoms with Crippen LogP contribution >= 0.6 is 15.9 Å². The molecule has 0 atom stereocenters. The number of aryl methyl sites for hydroxylation is 1. The van der Waals surface area contributed by atoms with Crippen molar-refractivity contribution >= 4 is 34.0 Å². The molecule has 0 unspecified atom stereocenters. The van der Waals surface area contributed by atoms with Crippen molar-refractivity contribution in [2.45, 2.75) is 6.92 Å². The summed E-state index contributed by atoms with van der Waals surface area (Å²) < 4.78 is 24.4. The first kappa shape index (κ1) is 22.2. The molecule has 0 aliphatic carbocycles. The van der Waals surface area contributed by atoms with Crippen LogP contribution in [-0.4, -0.2) is 24.7 Å². The SMILES string of the molecule is Cc1ccc(C(=O)Oc2ccc(Br)cc2C=NNC(=O)COc2ccc(F)cc2)cc1. The number of halogens is 2. The van der Waals surface area contributed by atoms with Gasteiger partial charge in [-0.1, -0.05) is 33.6 Å². The molecule has 3 rings (SSSR count). The number of benzene rings is 3. The molecular formula is C23H18BrFN2O4. The van der Waals surface area contributed by atoms with E-state index < -0.39 is 17.7 Å². The van der Waals surface area contributed by atoms with Crippen LogP contribution < -0.4 is 14.9 Å². The second kappa shape index (κ2) is 10.5. The van der Waals surface area contributed by atoms with Gasteiger partial charge < -0.3 is 9.47 Å². The summed E-state index contributed by atoms with van der Waals surface area (Å²) in [7, 11) is 0. The van der Waals surface area contributed by atoms with Crippen LogP contribution in [0.25, 0.3) is 0 Å². The summed E-state index contributed by atoms with van der Waals surface area (Å²) in [6.07, 6.45) is 1.36. The first-order valence-electron chi connectivity index (χ1n) is 9.19.